The quantitative estimate of drug-likeness (QED) is 0.909. The number of hydrogen-bond donors (Lipinski definition) is 1. The first kappa shape index (κ1) is 12.6. The molecule has 1 aromatic heterocycles. The first-order valence-electron chi connectivity index (χ1n) is 6.90. The van der Waals surface area contributed by atoms with E-state index in [0.717, 1.165) is 16.6 Å². The molecule has 4 heteroatoms. The molecule has 1 amide bonds. The van der Waals surface area contributed by atoms with Crippen LogP contribution in [0.25, 0.3) is 10.2 Å². The number of aromatic nitrogens is 1. The Hall–Kier alpha value is -1.42. The number of carbonyl (C=O) groups excluding carboxylic acids is 1. The second kappa shape index (κ2) is 5.29. The van der Waals surface area contributed by atoms with Crippen molar-refractivity contribution in [3.8, 4) is 0 Å². The number of rotatable bonds is 2. The monoisotopic (exact) mass is 274 g/mol. The largest absolute Gasteiger partial charge is 0.347 e. The van der Waals surface area contributed by atoms with E-state index in [1.807, 2.05) is 24.3 Å². The molecule has 3 rings (SSSR count). The molecular formula is C15H18N2OS. The first-order valence-corrected chi connectivity index (χ1v) is 7.72. The van der Waals surface area contributed by atoms with Gasteiger partial charge in [0, 0.05) is 6.04 Å². The van der Waals surface area contributed by atoms with E-state index in [2.05, 4.69) is 17.2 Å². The molecule has 1 fully saturated rings. The Kier molecular flexibility index (Phi) is 3.51. The number of carbonyl (C=O) groups is 1. The minimum atomic E-state index is -0.0139. The van der Waals surface area contributed by atoms with Crippen molar-refractivity contribution in [2.75, 3.05) is 0 Å². The highest BCUT2D eigenvalue weighted by atomic mass is 32.1. The standard InChI is InChI=1S/C15H18N2OS/c1-10-6-2-3-7-11(10)16-14(18)15-17-12-8-4-5-9-13(12)19-15/h4-5,8-11H,2-3,6-7H2,1H3,(H,16,18). The zero-order chi connectivity index (χ0) is 13.2. The van der Waals surface area contributed by atoms with Gasteiger partial charge in [-0.25, -0.2) is 4.98 Å². The zero-order valence-electron chi connectivity index (χ0n) is 11.1. The van der Waals surface area contributed by atoms with Crippen LogP contribution in [0.1, 0.15) is 42.4 Å². The Morgan fingerprint density at radius 3 is 2.89 bits per heavy atom. The molecule has 1 N–H and O–H groups in total. The van der Waals surface area contributed by atoms with Gasteiger partial charge in [0.2, 0.25) is 0 Å². The molecule has 0 aliphatic heterocycles. The summed E-state index contributed by atoms with van der Waals surface area (Å²) in [5, 5.41) is 3.74. The molecule has 2 aromatic rings. The molecule has 1 saturated carbocycles. The lowest BCUT2D eigenvalue weighted by molar-refractivity contribution is 0.0910. The number of hydrogen-bond acceptors (Lipinski definition) is 3. The smallest absolute Gasteiger partial charge is 0.280 e. The predicted octanol–water partition coefficient (Wildman–Crippen LogP) is 3.60. The number of amides is 1. The maximum absolute atomic E-state index is 12.3. The third-order valence-electron chi connectivity index (χ3n) is 3.92. The summed E-state index contributed by atoms with van der Waals surface area (Å²) in [6.45, 7) is 2.22. The van der Waals surface area contributed by atoms with Gasteiger partial charge in [-0.05, 0) is 30.9 Å². The normalized spacial score (nSPS) is 23.4. The SMILES string of the molecule is CC1CCCCC1NC(=O)c1nc2ccccc2s1. The van der Waals surface area contributed by atoms with E-state index in [9.17, 15) is 4.79 Å². The highest BCUT2D eigenvalue weighted by Crippen LogP contribution is 2.25. The van der Waals surface area contributed by atoms with Crippen molar-refractivity contribution in [1.29, 1.82) is 0 Å². The van der Waals surface area contributed by atoms with Gasteiger partial charge in [-0.1, -0.05) is 31.9 Å². The molecule has 0 radical (unpaired) electrons. The minimum Gasteiger partial charge on any atom is -0.347 e. The van der Waals surface area contributed by atoms with E-state index in [4.69, 9.17) is 0 Å². The highest BCUT2D eigenvalue weighted by molar-refractivity contribution is 7.20. The average molecular weight is 274 g/mol. The summed E-state index contributed by atoms with van der Waals surface area (Å²) in [5.74, 6) is 0.562. The number of para-hydroxylation sites is 1. The number of thiazole rings is 1. The molecule has 0 spiro atoms. The van der Waals surface area contributed by atoms with Crippen LogP contribution in [0, 0.1) is 5.92 Å². The van der Waals surface area contributed by atoms with Crippen LogP contribution >= 0.6 is 11.3 Å². The fourth-order valence-corrected chi connectivity index (χ4v) is 3.60. The van der Waals surface area contributed by atoms with Crippen LogP contribution in [-0.2, 0) is 0 Å². The van der Waals surface area contributed by atoms with Crippen LogP contribution in [0.15, 0.2) is 24.3 Å². The molecule has 1 aliphatic rings. The number of benzene rings is 1. The van der Waals surface area contributed by atoms with Crippen molar-refractivity contribution in [3.05, 3.63) is 29.3 Å². The third kappa shape index (κ3) is 2.63. The van der Waals surface area contributed by atoms with Crippen LogP contribution in [0.4, 0.5) is 0 Å². The molecule has 3 nitrogen and oxygen atoms in total. The summed E-state index contributed by atoms with van der Waals surface area (Å²) in [6.07, 6.45) is 4.81. The van der Waals surface area contributed by atoms with Gasteiger partial charge in [-0.3, -0.25) is 4.79 Å². The van der Waals surface area contributed by atoms with Gasteiger partial charge < -0.3 is 5.32 Å². The summed E-state index contributed by atoms with van der Waals surface area (Å²) >= 11 is 1.47. The van der Waals surface area contributed by atoms with Gasteiger partial charge in [0.25, 0.3) is 5.91 Å². The van der Waals surface area contributed by atoms with Crippen molar-refractivity contribution in [2.24, 2.45) is 5.92 Å². The lowest BCUT2D eigenvalue weighted by Crippen LogP contribution is -2.41. The van der Waals surface area contributed by atoms with Crippen molar-refractivity contribution in [2.45, 2.75) is 38.6 Å². The van der Waals surface area contributed by atoms with Crippen molar-refractivity contribution < 1.29 is 4.79 Å². The Morgan fingerprint density at radius 2 is 2.11 bits per heavy atom. The maximum atomic E-state index is 12.3. The van der Waals surface area contributed by atoms with Crippen molar-refractivity contribution >= 4 is 27.5 Å². The summed E-state index contributed by atoms with van der Waals surface area (Å²) in [6, 6.07) is 8.20. The minimum absolute atomic E-state index is 0.0139. The Balaban J connectivity index is 1.76. The van der Waals surface area contributed by atoms with Crippen molar-refractivity contribution in [1.82, 2.24) is 10.3 Å². The van der Waals surface area contributed by atoms with Crippen molar-refractivity contribution in [3.63, 3.8) is 0 Å². The van der Waals surface area contributed by atoms with Gasteiger partial charge in [0.1, 0.15) is 0 Å². The van der Waals surface area contributed by atoms with E-state index in [1.165, 1.54) is 30.6 Å². The van der Waals surface area contributed by atoms with E-state index in [-0.39, 0.29) is 5.91 Å². The Bertz CT molecular complexity index is 560. The van der Waals surface area contributed by atoms with Crippen LogP contribution in [0.3, 0.4) is 0 Å². The first-order chi connectivity index (χ1) is 9.24. The van der Waals surface area contributed by atoms with Gasteiger partial charge in [-0.2, -0.15) is 0 Å². The molecule has 1 aliphatic carbocycles. The third-order valence-corrected chi connectivity index (χ3v) is 4.95. The molecule has 1 aromatic carbocycles. The second-order valence-corrected chi connectivity index (χ2v) is 6.36. The Morgan fingerprint density at radius 1 is 1.32 bits per heavy atom. The van der Waals surface area contributed by atoms with Gasteiger partial charge in [0.15, 0.2) is 5.01 Å². The summed E-state index contributed by atoms with van der Waals surface area (Å²) in [4.78, 5) is 16.7. The summed E-state index contributed by atoms with van der Waals surface area (Å²) in [7, 11) is 0. The zero-order valence-corrected chi connectivity index (χ0v) is 11.9. The van der Waals surface area contributed by atoms with Crippen LogP contribution in [0.5, 0.6) is 0 Å². The molecular weight excluding hydrogens is 256 g/mol. The second-order valence-electron chi connectivity index (χ2n) is 5.33. The van der Waals surface area contributed by atoms with E-state index < -0.39 is 0 Å². The molecule has 19 heavy (non-hydrogen) atoms. The molecule has 0 saturated heterocycles. The molecule has 2 unspecified atom stereocenters. The Labute approximate surface area is 117 Å². The molecule has 2 atom stereocenters. The van der Waals surface area contributed by atoms with E-state index in [1.54, 1.807) is 0 Å². The average Bonchev–Trinajstić information content (AvgIpc) is 2.85. The van der Waals surface area contributed by atoms with Gasteiger partial charge >= 0.3 is 0 Å². The molecule has 0 bridgehead atoms. The topological polar surface area (TPSA) is 42.0 Å². The maximum Gasteiger partial charge on any atom is 0.280 e. The predicted molar refractivity (Wildman–Crippen MR) is 78.5 cm³/mol. The fraction of sp³-hybridized carbons (Fsp3) is 0.467. The number of fused-ring (bicyclic) bond motifs is 1. The number of nitrogens with zero attached hydrogens (tertiary/aromatic N) is 1. The number of nitrogens with one attached hydrogen (secondary N) is 1. The highest BCUT2D eigenvalue weighted by Gasteiger charge is 2.24. The lowest BCUT2D eigenvalue weighted by atomic mass is 9.86. The van der Waals surface area contributed by atoms with E-state index >= 15 is 0 Å². The fourth-order valence-electron chi connectivity index (χ4n) is 2.73. The lowest BCUT2D eigenvalue weighted by Gasteiger charge is -2.29. The van der Waals surface area contributed by atoms with Crippen LogP contribution in [-0.4, -0.2) is 16.9 Å². The molecule has 100 valence electrons. The molecule has 1 heterocycles. The van der Waals surface area contributed by atoms with Crippen LogP contribution < -0.4 is 5.32 Å². The van der Waals surface area contributed by atoms with Gasteiger partial charge in [0.05, 0.1) is 10.2 Å². The van der Waals surface area contributed by atoms with Gasteiger partial charge in [-0.15, -0.1) is 11.3 Å². The summed E-state index contributed by atoms with van der Waals surface area (Å²) in [5.41, 5.74) is 0.911. The summed E-state index contributed by atoms with van der Waals surface area (Å²) < 4.78 is 1.07. The van der Waals surface area contributed by atoms with E-state index in [0.29, 0.717) is 17.0 Å². The van der Waals surface area contributed by atoms with Crippen LogP contribution in [0.2, 0.25) is 0 Å².